The van der Waals surface area contributed by atoms with E-state index in [0.717, 1.165) is 27.6 Å². The number of fused-ring (bicyclic) bond motifs is 1. The minimum Gasteiger partial charge on any atom is -0.402 e. The van der Waals surface area contributed by atoms with Crippen LogP contribution in [0.15, 0.2) is 95.7 Å². The maximum absolute atomic E-state index is 13.2. The van der Waals surface area contributed by atoms with E-state index in [1.165, 1.54) is 12.1 Å². The molecule has 0 N–H and O–H groups in total. The van der Waals surface area contributed by atoms with Crippen LogP contribution in [0.1, 0.15) is 16.7 Å². The highest BCUT2D eigenvalue weighted by molar-refractivity contribution is 6.13. The summed E-state index contributed by atoms with van der Waals surface area (Å²) in [5, 5.41) is 1.00. The number of benzene rings is 3. The first-order valence-corrected chi connectivity index (χ1v) is 9.58. The number of rotatable bonds is 4. The molecule has 2 heterocycles. The van der Waals surface area contributed by atoms with Gasteiger partial charge in [0.25, 0.3) is 0 Å². The number of carbonyl (C=O) groups excluding carboxylic acids is 1. The molecule has 1 aliphatic rings. The molecule has 30 heavy (non-hydrogen) atoms. The molecule has 5 heteroatoms. The third-order valence-corrected chi connectivity index (χ3v) is 5.02. The Labute approximate surface area is 172 Å². The van der Waals surface area contributed by atoms with Crippen molar-refractivity contribution < 1.29 is 13.9 Å². The number of hydrogen-bond acceptors (Lipinski definition) is 3. The summed E-state index contributed by atoms with van der Waals surface area (Å²) in [7, 11) is 0. The van der Waals surface area contributed by atoms with Crippen LogP contribution in [-0.4, -0.2) is 16.4 Å². The van der Waals surface area contributed by atoms with Gasteiger partial charge in [0.2, 0.25) is 5.90 Å². The van der Waals surface area contributed by atoms with Crippen LogP contribution in [-0.2, 0) is 16.1 Å². The van der Waals surface area contributed by atoms with Gasteiger partial charge in [-0.05, 0) is 42.0 Å². The van der Waals surface area contributed by atoms with Gasteiger partial charge in [0, 0.05) is 34.8 Å². The van der Waals surface area contributed by atoms with E-state index in [0.29, 0.717) is 12.4 Å². The van der Waals surface area contributed by atoms with E-state index in [9.17, 15) is 9.18 Å². The summed E-state index contributed by atoms with van der Waals surface area (Å²) in [6, 6.07) is 23.7. The first-order chi connectivity index (χ1) is 14.7. The number of para-hydroxylation sites is 1. The number of esters is 1. The van der Waals surface area contributed by atoms with Crippen LogP contribution in [0, 0.1) is 5.82 Å². The summed E-state index contributed by atoms with van der Waals surface area (Å²) in [6.45, 7) is 0.590. The molecule has 0 aliphatic carbocycles. The number of carbonyl (C=O) groups is 1. The van der Waals surface area contributed by atoms with E-state index in [-0.39, 0.29) is 11.5 Å². The van der Waals surface area contributed by atoms with Gasteiger partial charge in [0.05, 0.1) is 0 Å². The van der Waals surface area contributed by atoms with Crippen molar-refractivity contribution in [3.63, 3.8) is 0 Å². The van der Waals surface area contributed by atoms with Crippen LogP contribution in [0.2, 0.25) is 0 Å². The summed E-state index contributed by atoms with van der Waals surface area (Å²) in [4.78, 5) is 16.8. The molecule has 0 saturated carbocycles. The van der Waals surface area contributed by atoms with Crippen molar-refractivity contribution in [1.82, 2.24) is 4.57 Å². The molecule has 1 aromatic heterocycles. The summed E-state index contributed by atoms with van der Waals surface area (Å²) in [6.07, 6.45) is 3.73. The highest BCUT2D eigenvalue weighted by atomic mass is 19.1. The average Bonchev–Trinajstić information content (AvgIpc) is 3.31. The third kappa shape index (κ3) is 3.42. The molecule has 1 aliphatic heterocycles. The van der Waals surface area contributed by atoms with Crippen molar-refractivity contribution in [2.45, 2.75) is 6.54 Å². The Morgan fingerprint density at radius 1 is 0.933 bits per heavy atom. The molecule has 0 radical (unpaired) electrons. The summed E-state index contributed by atoms with van der Waals surface area (Å²) in [5.41, 5.74) is 3.90. The molecule has 146 valence electrons. The molecule has 0 unspecified atom stereocenters. The van der Waals surface area contributed by atoms with Crippen LogP contribution < -0.4 is 0 Å². The van der Waals surface area contributed by atoms with Gasteiger partial charge in [-0.25, -0.2) is 14.2 Å². The number of cyclic esters (lactones) is 1. The molecule has 0 amide bonds. The van der Waals surface area contributed by atoms with Crippen LogP contribution >= 0.6 is 0 Å². The van der Waals surface area contributed by atoms with E-state index in [1.54, 1.807) is 18.2 Å². The molecule has 4 nitrogen and oxygen atoms in total. The van der Waals surface area contributed by atoms with Crippen molar-refractivity contribution in [2.75, 3.05) is 0 Å². The third-order valence-electron chi connectivity index (χ3n) is 5.02. The minimum atomic E-state index is -0.468. The molecule has 0 bridgehead atoms. The van der Waals surface area contributed by atoms with Gasteiger partial charge in [0.1, 0.15) is 5.82 Å². The van der Waals surface area contributed by atoms with Crippen LogP contribution in [0.5, 0.6) is 0 Å². The number of aliphatic imine (C=N–C) groups is 1. The zero-order valence-electron chi connectivity index (χ0n) is 16.0. The zero-order chi connectivity index (χ0) is 20.5. The zero-order valence-corrected chi connectivity index (χ0v) is 16.0. The first kappa shape index (κ1) is 18.1. The number of aromatic nitrogens is 1. The van der Waals surface area contributed by atoms with Gasteiger partial charge in [-0.1, -0.05) is 48.5 Å². The fourth-order valence-electron chi connectivity index (χ4n) is 3.57. The van der Waals surface area contributed by atoms with Gasteiger partial charge in [-0.15, -0.1) is 0 Å². The SMILES string of the molecule is O=C1OC(c2ccccc2)=N/C1=C/c1cn(Cc2ccc(F)cc2)c2ccccc12. The van der Waals surface area contributed by atoms with E-state index in [1.807, 2.05) is 60.8 Å². The topological polar surface area (TPSA) is 43.6 Å². The van der Waals surface area contributed by atoms with E-state index in [2.05, 4.69) is 9.56 Å². The van der Waals surface area contributed by atoms with Crippen molar-refractivity contribution in [3.8, 4) is 0 Å². The van der Waals surface area contributed by atoms with Crippen molar-refractivity contribution in [1.29, 1.82) is 0 Å². The van der Waals surface area contributed by atoms with Gasteiger partial charge >= 0.3 is 5.97 Å². The first-order valence-electron chi connectivity index (χ1n) is 9.58. The summed E-state index contributed by atoms with van der Waals surface area (Å²) in [5.74, 6) is -0.417. The standard InChI is InChI=1S/C25H17FN2O2/c26-20-12-10-17(11-13-20)15-28-16-19(21-8-4-5-9-23(21)28)14-22-25(29)30-24(27-22)18-6-2-1-3-7-18/h1-14,16H,15H2/b22-14+. The van der Waals surface area contributed by atoms with Crippen molar-refractivity contribution >= 4 is 28.8 Å². The Morgan fingerprint density at radius 2 is 1.67 bits per heavy atom. The Hall–Kier alpha value is -3.99. The lowest BCUT2D eigenvalue weighted by Crippen LogP contribution is -2.04. The second-order valence-electron chi connectivity index (χ2n) is 7.06. The fourth-order valence-corrected chi connectivity index (χ4v) is 3.57. The van der Waals surface area contributed by atoms with E-state index in [4.69, 9.17) is 4.74 Å². The van der Waals surface area contributed by atoms with Crippen LogP contribution in [0.4, 0.5) is 4.39 Å². The average molecular weight is 396 g/mol. The second-order valence-corrected chi connectivity index (χ2v) is 7.06. The molecule has 0 saturated heterocycles. The van der Waals surface area contributed by atoms with Crippen LogP contribution in [0.3, 0.4) is 0 Å². The highest BCUT2D eigenvalue weighted by Crippen LogP contribution is 2.27. The lowest BCUT2D eigenvalue weighted by molar-refractivity contribution is -0.129. The summed E-state index contributed by atoms with van der Waals surface area (Å²) < 4.78 is 20.7. The molecular formula is C25H17FN2O2. The Balaban J connectivity index is 1.54. The van der Waals surface area contributed by atoms with Crippen molar-refractivity contribution in [3.05, 3.63) is 113 Å². The predicted octanol–water partition coefficient (Wildman–Crippen LogP) is 5.17. The lowest BCUT2D eigenvalue weighted by atomic mass is 10.1. The molecule has 4 aromatic rings. The molecule has 3 aromatic carbocycles. The normalized spacial score (nSPS) is 14.9. The smallest absolute Gasteiger partial charge is 0.363 e. The Morgan fingerprint density at radius 3 is 2.47 bits per heavy atom. The molecule has 0 atom stereocenters. The number of hydrogen-bond donors (Lipinski definition) is 0. The highest BCUT2D eigenvalue weighted by Gasteiger charge is 2.24. The molecule has 5 rings (SSSR count). The molecule has 0 spiro atoms. The van der Waals surface area contributed by atoms with Crippen molar-refractivity contribution in [2.24, 2.45) is 4.99 Å². The van der Waals surface area contributed by atoms with E-state index >= 15 is 0 Å². The maximum Gasteiger partial charge on any atom is 0.363 e. The van der Waals surface area contributed by atoms with Crippen LogP contribution in [0.25, 0.3) is 17.0 Å². The Kier molecular flexibility index (Phi) is 4.48. The monoisotopic (exact) mass is 396 g/mol. The minimum absolute atomic E-state index is 0.256. The van der Waals surface area contributed by atoms with E-state index < -0.39 is 5.97 Å². The number of halogens is 1. The van der Waals surface area contributed by atoms with Gasteiger partial charge < -0.3 is 9.30 Å². The van der Waals surface area contributed by atoms with Gasteiger partial charge in [-0.2, -0.15) is 0 Å². The number of ether oxygens (including phenoxy) is 1. The second kappa shape index (κ2) is 7.44. The summed E-state index contributed by atoms with van der Waals surface area (Å²) >= 11 is 0. The fraction of sp³-hybridized carbons (Fsp3) is 0.0400. The van der Waals surface area contributed by atoms with Gasteiger partial charge in [-0.3, -0.25) is 0 Å². The number of nitrogens with zero attached hydrogens (tertiary/aromatic N) is 2. The molecule has 0 fully saturated rings. The lowest BCUT2D eigenvalue weighted by Gasteiger charge is -2.05. The Bertz CT molecular complexity index is 1300. The maximum atomic E-state index is 13.2. The molecular weight excluding hydrogens is 379 g/mol. The quantitative estimate of drug-likeness (QED) is 0.353. The largest absolute Gasteiger partial charge is 0.402 e. The van der Waals surface area contributed by atoms with Gasteiger partial charge in [0.15, 0.2) is 5.70 Å². The predicted molar refractivity (Wildman–Crippen MR) is 114 cm³/mol.